The van der Waals surface area contributed by atoms with Gasteiger partial charge in [0.05, 0.1) is 6.10 Å². The van der Waals surface area contributed by atoms with E-state index in [2.05, 4.69) is 15.3 Å². The molecular weight excluding hydrogens is 252 g/mol. The van der Waals surface area contributed by atoms with Gasteiger partial charge in [0.25, 0.3) is 0 Å². The van der Waals surface area contributed by atoms with Gasteiger partial charge in [-0.05, 0) is 56.7 Å². The third-order valence-corrected chi connectivity index (χ3v) is 2.98. The van der Waals surface area contributed by atoms with E-state index in [4.69, 9.17) is 4.74 Å². The van der Waals surface area contributed by atoms with Crippen molar-refractivity contribution in [3.63, 3.8) is 0 Å². The van der Waals surface area contributed by atoms with Crippen molar-refractivity contribution in [1.82, 2.24) is 19.8 Å². The van der Waals surface area contributed by atoms with E-state index in [0.717, 1.165) is 28.3 Å². The summed E-state index contributed by atoms with van der Waals surface area (Å²) in [6.07, 6.45) is 1.92. The van der Waals surface area contributed by atoms with Gasteiger partial charge in [-0.2, -0.15) is 9.61 Å². The van der Waals surface area contributed by atoms with Crippen LogP contribution in [0.15, 0.2) is 36.5 Å². The summed E-state index contributed by atoms with van der Waals surface area (Å²) in [4.78, 5) is 0. The Morgan fingerprint density at radius 3 is 2.50 bits per heavy atom. The molecule has 0 saturated heterocycles. The highest BCUT2D eigenvalue weighted by molar-refractivity contribution is 5.60. The molecule has 3 aromatic rings. The number of benzene rings is 1. The molecule has 5 nitrogen and oxygen atoms in total. The third-order valence-electron chi connectivity index (χ3n) is 2.98. The smallest absolute Gasteiger partial charge is 0.185 e. The first-order chi connectivity index (χ1) is 9.65. The number of nitrogens with zero attached hydrogens (tertiary/aromatic N) is 4. The normalized spacial score (nSPS) is 11.2. The van der Waals surface area contributed by atoms with Gasteiger partial charge < -0.3 is 4.74 Å². The number of aromatic nitrogens is 4. The van der Waals surface area contributed by atoms with Crippen molar-refractivity contribution in [2.45, 2.75) is 26.9 Å². The quantitative estimate of drug-likeness (QED) is 0.733. The second kappa shape index (κ2) is 4.92. The fraction of sp³-hybridized carbons (Fsp3) is 0.267. The van der Waals surface area contributed by atoms with E-state index in [1.54, 1.807) is 10.7 Å². The highest BCUT2D eigenvalue weighted by Crippen LogP contribution is 2.22. The Kier molecular flexibility index (Phi) is 3.10. The summed E-state index contributed by atoms with van der Waals surface area (Å²) in [5.74, 6) is 1.58. The van der Waals surface area contributed by atoms with Crippen molar-refractivity contribution in [3.8, 4) is 17.1 Å². The van der Waals surface area contributed by atoms with Crippen molar-refractivity contribution in [3.05, 3.63) is 42.1 Å². The first kappa shape index (κ1) is 12.6. The van der Waals surface area contributed by atoms with Crippen LogP contribution in [-0.4, -0.2) is 25.9 Å². The van der Waals surface area contributed by atoms with Crippen LogP contribution < -0.4 is 4.74 Å². The van der Waals surface area contributed by atoms with E-state index in [9.17, 15) is 0 Å². The Labute approximate surface area is 117 Å². The second-order valence-corrected chi connectivity index (χ2v) is 4.96. The fourth-order valence-corrected chi connectivity index (χ4v) is 2.06. The third kappa shape index (κ3) is 2.22. The molecule has 0 bridgehead atoms. The van der Waals surface area contributed by atoms with E-state index in [1.807, 2.05) is 51.1 Å². The topological polar surface area (TPSA) is 52.3 Å². The molecule has 0 atom stereocenters. The molecule has 0 aliphatic rings. The average Bonchev–Trinajstić information content (AvgIpc) is 2.84. The van der Waals surface area contributed by atoms with Crippen molar-refractivity contribution in [1.29, 1.82) is 0 Å². The zero-order chi connectivity index (χ0) is 14.1. The van der Waals surface area contributed by atoms with Crippen molar-refractivity contribution in [2.24, 2.45) is 0 Å². The predicted molar refractivity (Wildman–Crippen MR) is 76.7 cm³/mol. The summed E-state index contributed by atoms with van der Waals surface area (Å²) < 4.78 is 7.39. The maximum Gasteiger partial charge on any atom is 0.185 e. The van der Waals surface area contributed by atoms with Gasteiger partial charge in [-0.15, -0.1) is 10.2 Å². The minimum absolute atomic E-state index is 0.166. The van der Waals surface area contributed by atoms with E-state index in [1.165, 1.54) is 0 Å². The molecule has 0 fully saturated rings. The number of hydrogen-bond donors (Lipinski definition) is 0. The second-order valence-electron chi connectivity index (χ2n) is 4.96. The minimum Gasteiger partial charge on any atom is -0.491 e. The predicted octanol–water partition coefficient (Wildman–Crippen LogP) is 2.89. The lowest BCUT2D eigenvalue weighted by atomic mass is 10.2. The zero-order valence-corrected chi connectivity index (χ0v) is 11.7. The maximum absolute atomic E-state index is 5.63. The highest BCUT2D eigenvalue weighted by atomic mass is 16.5. The van der Waals surface area contributed by atoms with E-state index < -0.39 is 0 Å². The Balaban J connectivity index is 2.01. The van der Waals surface area contributed by atoms with Gasteiger partial charge >= 0.3 is 0 Å². The Morgan fingerprint density at radius 2 is 1.80 bits per heavy atom. The van der Waals surface area contributed by atoms with Gasteiger partial charge in [-0.25, -0.2) is 0 Å². The van der Waals surface area contributed by atoms with Crippen LogP contribution in [0.25, 0.3) is 17.0 Å². The van der Waals surface area contributed by atoms with Crippen LogP contribution in [0.3, 0.4) is 0 Å². The summed E-state index contributed by atoms with van der Waals surface area (Å²) in [7, 11) is 0. The van der Waals surface area contributed by atoms with Crippen molar-refractivity contribution < 1.29 is 4.74 Å². The summed E-state index contributed by atoms with van der Waals surface area (Å²) in [6.45, 7) is 6.01. The minimum atomic E-state index is 0.166. The molecule has 102 valence electrons. The van der Waals surface area contributed by atoms with Gasteiger partial charge in [0.1, 0.15) is 5.75 Å². The first-order valence-corrected chi connectivity index (χ1v) is 6.59. The Bertz CT molecular complexity index is 731. The fourth-order valence-electron chi connectivity index (χ4n) is 2.06. The molecule has 5 heteroatoms. The molecule has 0 saturated carbocycles. The standard InChI is InChI=1S/C15H16N4O/c1-10(2)20-13-6-4-12(5-7-13)15-18-17-14-11(3)8-9-16-19(14)15/h4-10H,1-3H3. The van der Waals surface area contributed by atoms with Gasteiger partial charge in [0, 0.05) is 11.8 Å². The van der Waals surface area contributed by atoms with Gasteiger partial charge in [-0.3, -0.25) is 0 Å². The molecule has 2 aromatic heterocycles. The van der Waals surface area contributed by atoms with Crippen LogP contribution in [0.5, 0.6) is 5.75 Å². The van der Waals surface area contributed by atoms with Crippen LogP contribution in [0, 0.1) is 6.92 Å². The van der Waals surface area contributed by atoms with Gasteiger partial charge in [0.2, 0.25) is 0 Å². The molecule has 3 rings (SSSR count). The monoisotopic (exact) mass is 268 g/mol. The molecule has 0 radical (unpaired) electrons. The van der Waals surface area contributed by atoms with Crippen LogP contribution >= 0.6 is 0 Å². The number of aryl methyl sites for hydroxylation is 1. The highest BCUT2D eigenvalue weighted by Gasteiger charge is 2.10. The number of fused-ring (bicyclic) bond motifs is 1. The summed E-state index contributed by atoms with van der Waals surface area (Å²) >= 11 is 0. The Morgan fingerprint density at radius 1 is 1.05 bits per heavy atom. The molecular formula is C15H16N4O. The largest absolute Gasteiger partial charge is 0.491 e. The van der Waals surface area contributed by atoms with Crippen molar-refractivity contribution in [2.75, 3.05) is 0 Å². The average molecular weight is 268 g/mol. The first-order valence-electron chi connectivity index (χ1n) is 6.59. The lowest BCUT2D eigenvalue weighted by molar-refractivity contribution is 0.242. The number of rotatable bonds is 3. The lowest BCUT2D eigenvalue weighted by Crippen LogP contribution is -2.05. The lowest BCUT2D eigenvalue weighted by Gasteiger charge is -2.09. The van der Waals surface area contributed by atoms with E-state index in [-0.39, 0.29) is 6.10 Å². The maximum atomic E-state index is 5.63. The molecule has 0 aliphatic heterocycles. The number of ether oxygens (including phenoxy) is 1. The van der Waals surface area contributed by atoms with Gasteiger partial charge in [0.15, 0.2) is 11.5 Å². The van der Waals surface area contributed by atoms with E-state index >= 15 is 0 Å². The van der Waals surface area contributed by atoms with Crippen LogP contribution in [0.2, 0.25) is 0 Å². The molecule has 2 heterocycles. The summed E-state index contributed by atoms with van der Waals surface area (Å²) in [5, 5.41) is 12.7. The molecule has 20 heavy (non-hydrogen) atoms. The molecule has 0 N–H and O–H groups in total. The SMILES string of the molecule is Cc1ccnn2c(-c3ccc(OC(C)C)cc3)nnc12. The van der Waals surface area contributed by atoms with Crippen LogP contribution in [-0.2, 0) is 0 Å². The molecule has 0 spiro atoms. The van der Waals surface area contributed by atoms with Crippen LogP contribution in [0.1, 0.15) is 19.4 Å². The molecule has 0 aliphatic carbocycles. The Hall–Kier alpha value is -2.43. The molecule has 1 aromatic carbocycles. The summed E-state index contributed by atoms with van der Waals surface area (Å²) in [6, 6.07) is 9.74. The molecule has 0 amide bonds. The summed E-state index contributed by atoms with van der Waals surface area (Å²) in [5.41, 5.74) is 2.80. The number of hydrogen-bond acceptors (Lipinski definition) is 4. The molecule has 0 unspecified atom stereocenters. The van der Waals surface area contributed by atoms with E-state index in [0.29, 0.717) is 0 Å². The van der Waals surface area contributed by atoms with Crippen molar-refractivity contribution >= 4 is 5.65 Å². The van der Waals surface area contributed by atoms with Crippen LogP contribution in [0.4, 0.5) is 0 Å². The van der Waals surface area contributed by atoms with Gasteiger partial charge in [-0.1, -0.05) is 0 Å². The zero-order valence-electron chi connectivity index (χ0n) is 11.7.